The van der Waals surface area contributed by atoms with E-state index >= 15 is 0 Å². The molecule has 0 saturated carbocycles. The minimum atomic E-state index is -3.63. The summed E-state index contributed by atoms with van der Waals surface area (Å²) in [4.78, 5) is 14.2. The van der Waals surface area contributed by atoms with Crippen molar-refractivity contribution in [1.82, 2.24) is 0 Å². The van der Waals surface area contributed by atoms with E-state index in [9.17, 15) is 13.2 Å². The van der Waals surface area contributed by atoms with Crippen LogP contribution < -0.4 is 9.62 Å². The molecule has 4 rings (SSSR count). The van der Waals surface area contributed by atoms with Crippen LogP contribution in [0.2, 0.25) is 5.02 Å². The maximum absolute atomic E-state index is 12.6. The van der Waals surface area contributed by atoms with Crippen LogP contribution in [0.25, 0.3) is 0 Å². The molecule has 1 aliphatic heterocycles. The van der Waals surface area contributed by atoms with Gasteiger partial charge < -0.3 is 9.32 Å². The third-order valence-corrected chi connectivity index (χ3v) is 5.97. The Balaban J connectivity index is 1.55. The highest BCUT2D eigenvalue weighted by Gasteiger charge is 2.27. The first kappa shape index (κ1) is 18.6. The second-order valence-electron chi connectivity index (χ2n) is 6.52. The van der Waals surface area contributed by atoms with Gasteiger partial charge in [-0.3, -0.25) is 9.52 Å². The molecule has 3 aromatic rings. The number of nitrogens with one attached hydrogen (secondary N) is 1. The number of amides is 1. The van der Waals surface area contributed by atoms with Crippen LogP contribution in [0.4, 0.5) is 11.4 Å². The molecule has 0 saturated heterocycles. The van der Waals surface area contributed by atoms with Gasteiger partial charge in [0, 0.05) is 17.3 Å². The minimum Gasteiger partial charge on any atom is -0.459 e. The first-order valence-corrected chi connectivity index (χ1v) is 10.7. The summed E-state index contributed by atoms with van der Waals surface area (Å²) in [6, 6.07) is 15.2. The number of rotatable bonds is 5. The smallest absolute Gasteiger partial charge is 0.293 e. The molecule has 2 aromatic carbocycles. The zero-order valence-electron chi connectivity index (χ0n) is 14.8. The molecule has 8 heteroatoms. The maximum atomic E-state index is 12.6. The largest absolute Gasteiger partial charge is 0.459 e. The van der Waals surface area contributed by atoms with Gasteiger partial charge in [0.05, 0.1) is 17.7 Å². The summed E-state index contributed by atoms with van der Waals surface area (Å²) in [5.74, 6) is -0.192. The molecule has 1 amide bonds. The number of anilines is 2. The van der Waals surface area contributed by atoms with Crippen LogP contribution in [0.5, 0.6) is 0 Å². The van der Waals surface area contributed by atoms with Crippen molar-refractivity contribution in [2.24, 2.45) is 0 Å². The van der Waals surface area contributed by atoms with Crippen molar-refractivity contribution in [2.75, 3.05) is 16.2 Å². The summed E-state index contributed by atoms with van der Waals surface area (Å²) in [6.07, 6.45) is 2.15. The molecule has 1 aromatic heterocycles. The standard InChI is InChI=1S/C20H17ClN2O4S/c21-16-4-1-3-14(11-16)13-28(25,26)22-17-7-6-15-8-9-23(18(15)12-17)20(24)19-5-2-10-27-19/h1-7,10-12,22H,8-9,13H2. The monoisotopic (exact) mass is 416 g/mol. The van der Waals surface area contributed by atoms with E-state index in [0.717, 1.165) is 5.56 Å². The van der Waals surface area contributed by atoms with E-state index in [-0.39, 0.29) is 17.4 Å². The van der Waals surface area contributed by atoms with Gasteiger partial charge in [-0.25, -0.2) is 8.42 Å². The Kier molecular flexibility index (Phi) is 4.87. The summed E-state index contributed by atoms with van der Waals surface area (Å²) < 4.78 is 32.8. The summed E-state index contributed by atoms with van der Waals surface area (Å²) in [5.41, 5.74) is 2.66. The van der Waals surface area contributed by atoms with Crippen molar-refractivity contribution in [3.05, 3.63) is 82.8 Å². The molecule has 0 radical (unpaired) electrons. The van der Waals surface area contributed by atoms with Gasteiger partial charge in [0.2, 0.25) is 10.0 Å². The highest BCUT2D eigenvalue weighted by molar-refractivity contribution is 7.91. The molecule has 6 nitrogen and oxygen atoms in total. The average Bonchev–Trinajstić information content (AvgIpc) is 3.30. The summed E-state index contributed by atoms with van der Waals surface area (Å²) in [5, 5.41) is 0.484. The Morgan fingerprint density at radius 1 is 1.14 bits per heavy atom. The second-order valence-corrected chi connectivity index (χ2v) is 8.68. The van der Waals surface area contributed by atoms with Crippen molar-refractivity contribution in [1.29, 1.82) is 0 Å². The topological polar surface area (TPSA) is 79.6 Å². The molecule has 144 valence electrons. The van der Waals surface area contributed by atoms with Gasteiger partial charge in [-0.05, 0) is 53.9 Å². The number of hydrogen-bond donors (Lipinski definition) is 1. The third-order valence-electron chi connectivity index (χ3n) is 4.48. The number of benzene rings is 2. The van der Waals surface area contributed by atoms with Crippen molar-refractivity contribution in [2.45, 2.75) is 12.2 Å². The Labute approximate surface area is 167 Å². The van der Waals surface area contributed by atoms with E-state index in [1.807, 2.05) is 6.07 Å². The molecule has 1 aliphatic rings. The fourth-order valence-corrected chi connectivity index (χ4v) is 4.64. The van der Waals surface area contributed by atoms with Crippen LogP contribution in [0.3, 0.4) is 0 Å². The zero-order valence-corrected chi connectivity index (χ0v) is 16.3. The number of furan rings is 1. The van der Waals surface area contributed by atoms with Crippen LogP contribution in [0.15, 0.2) is 65.3 Å². The third kappa shape index (κ3) is 3.90. The molecule has 0 bridgehead atoms. The predicted octanol–water partition coefficient (Wildman–Crippen LogP) is 4.08. The molecule has 2 heterocycles. The van der Waals surface area contributed by atoms with Crippen LogP contribution in [-0.2, 0) is 22.2 Å². The molecule has 0 atom stereocenters. The average molecular weight is 417 g/mol. The van der Waals surface area contributed by atoms with Gasteiger partial charge in [-0.1, -0.05) is 29.8 Å². The predicted molar refractivity (Wildman–Crippen MR) is 108 cm³/mol. The number of carbonyl (C=O) groups excluding carboxylic acids is 1. The molecule has 0 unspecified atom stereocenters. The van der Waals surface area contributed by atoms with Gasteiger partial charge in [0.15, 0.2) is 5.76 Å². The quantitative estimate of drug-likeness (QED) is 0.679. The molecule has 0 aliphatic carbocycles. The second kappa shape index (κ2) is 7.33. The van der Waals surface area contributed by atoms with Crippen LogP contribution in [0.1, 0.15) is 21.7 Å². The van der Waals surface area contributed by atoms with E-state index in [4.69, 9.17) is 16.0 Å². The van der Waals surface area contributed by atoms with E-state index in [1.165, 1.54) is 6.26 Å². The zero-order chi connectivity index (χ0) is 19.7. The van der Waals surface area contributed by atoms with Crippen molar-refractivity contribution in [3.8, 4) is 0 Å². The van der Waals surface area contributed by atoms with Gasteiger partial charge in [0.25, 0.3) is 5.91 Å². The lowest BCUT2D eigenvalue weighted by Gasteiger charge is -2.17. The lowest BCUT2D eigenvalue weighted by Crippen LogP contribution is -2.28. The Morgan fingerprint density at radius 3 is 2.75 bits per heavy atom. The van der Waals surface area contributed by atoms with Crippen LogP contribution in [-0.4, -0.2) is 20.9 Å². The van der Waals surface area contributed by atoms with Crippen LogP contribution in [0, 0.1) is 0 Å². The highest BCUT2D eigenvalue weighted by atomic mass is 35.5. The summed E-state index contributed by atoms with van der Waals surface area (Å²) in [7, 11) is -3.63. The fraction of sp³-hybridized carbons (Fsp3) is 0.150. The van der Waals surface area contributed by atoms with E-state index < -0.39 is 10.0 Å². The number of fused-ring (bicyclic) bond motifs is 1. The molecule has 0 spiro atoms. The van der Waals surface area contributed by atoms with E-state index in [2.05, 4.69) is 4.72 Å². The van der Waals surface area contributed by atoms with Gasteiger partial charge in [-0.2, -0.15) is 0 Å². The first-order chi connectivity index (χ1) is 13.4. The number of sulfonamides is 1. The number of halogens is 1. The number of hydrogen-bond acceptors (Lipinski definition) is 4. The van der Waals surface area contributed by atoms with E-state index in [0.29, 0.717) is 34.9 Å². The van der Waals surface area contributed by atoms with Gasteiger partial charge in [-0.15, -0.1) is 0 Å². The van der Waals surface area contributed by atoms with Gasteiger partial charge in [0.1, 0.15) is 0 Å². The number of carbonyl (C=O) groups is 1. The normalized spacial score (nSPS) is 13.4. The Morgan fingerprint density at radius 2 is 2.00 bits per heavy atom. The minimum absolute atomic E-state index is 0.195. The molecular weight excluding hydrogens is 400 g/mol. The molecular formula is C20H17ClN2O4S. The lowest BCUT2D eigenvalue weighted by atomic mass is 10.1. The maximum Gasteiger partial charge on any atom is 0.293 e. The van der Waals surface area contributed by atoms with E-state index in [1.54, 1.807) is 53.4 Å². The van der Waals surface area contributed by atoms with Gasteiger partial charge >= 0.3 is 0 Å². The van der Waals surface area contributed by atoms with Crippen molar-refractivity contribution >= 4 is 38.9 Å². The van der Waals surface area contributed by atoms with Crippen LogP contribution >= 0.6 is 11.6 Å². The van der Waals surface area contributed by atoms with Crippen molar-refractivity contribution in [3.63, 3.8) is 0 Å². The molecule has 28 heavy (non-hydrogen) atoms. The SMILES string of the molecule is O=C(c1ccco1)N1CCc2ccc(NS(=O)(=O)Cc3cccc(Cl)c3)cc21. The molecule has 0 fully saturated rings. The lowest BCUT2D eigenvalue weighted by molar-refractivity contribution is 0.0963. The first-order valence-electron chi connectivity index (χ1n) is 8.64. The number of nitrogens with zero attached hydrogens (tertiary/aromatic N) is 1. The Hall–Kier alpha value is -2.77. The summed E-state index contributed by atoms with van der Waals surface area (Å²) >= 11 is 5.93. The fourth-order valence-electron chi connectivity index (χ4n) is 3.25. The Bertz CT molecular complexity index is 1130. The highest BCUT2D eigenvalue weighted by Crippen LogP contribution is 2.32. The molecule has 1 N–H and O–H groups in total. The summed E-state index contributed by atoms with van der Waals surface area (Å²) in [6.45, 7) is 0.521. The van der Waals surface area contributed by atoms with Crippen molar-refractivity contribution < 1.29 is 17.6 Å².